The minimum absolute atomic E-state index is 0.00337. The normalized spacial score (nSPS) is 26.9. The summed E-state index contributed by atoms with van der Waals surface area (Å²) >= 11 is 0. The molecule has 1 heterocycles. The Labute approximate surface area is 139 Å². The van der Waals surface area contributed by atoms with Gasteiger partial charge in [-0.1, -0.05) is 0 Å². The van der Waals surface area contributed by atoms with Gasteiger partial charge in [0.05, 0.1) is 18.5 Å². The van der Waals surface area contributed by atoms with Gasteiger partial charge in [-0.05, 0) is 33.1 Å². The van der Waals surface area contributed by atoms with E-state index in [1.54, 1.807) is 4.90 Å². The quantitative estimate of drug-likeness (QED) is 0.731. The SMILES string of the molecule is CC(C)OCCS(=O)(=O)N1CCN(C(=O)C2CCC(N)C2)CC1. The van der Waals surface area contributed by atoms with E-state index in [0.717, 1.165) is 19.3 Å². The molecule has 2 N–H and O–H groups in total. The number of carbonyl (C=O) groups excluding carboxylic acids is 1. The maximum atomic E-state index is 12.4. The van der Waals surface area contributed by atoms with Crippen LogP contribution in [0.1, 0.15) is 33.1 Å². The van der Waals surface area contributed by atoms with Crippen molar-refractivity contribution < 1.29 is 17.9 Å². The summed E-state index contributed by atoms with van der Waals surface area (Å²) in [6, 6.07) is 0.131. The number of rotatable bonds is 6. The fraction of sp³-hybridized carbons (Fsp3) is 0.933. The van der Waals surface area contributed by atoms with Crippen LogP contribution in [0.25, 0.3) is 0 Å². The summed E-state index contributed by atoms with van der Waals surface area (Å²) in [7, 11) is -3.31. The summed E-state index contributed by atoms with van der Waals surface area (Å²) in [6.45, 7) is 5.64. The van der Waals surface area contributed by atoms with Crippen LogP contribution in [-0.2, 0) is 19.6 Å². The first-order valence-electron chi connectivity index (χ1n) is 8.43. The highest BCUT2D eigenvalue weighted by molar-refractivity contribution is 7.89. The molecule has 1 saturated heterocycles. The van der Waals surface area contributed by atoms with E-state index in [4.69, 9.17) is 10.5 Å². The minimum atomic E-state index is -3.31. The zero-order chi connectivity index (χ0) is 17.0. The molecule has 0 bridgehead atoms. The van der Waals surface area contributed by atoms with Crippen molar-refractivity contribution in [2.45, 2.75) is 45.3 Å². The highest BCUT2D eigenvalue weighted by Gasteiger charge is 2.34. The van der Waals surface area contributed by atoms with E-state index >= 15 is 0 Å². The Morgan fingerprint density at radius 2 is 1.87 bits per heavy atom. The fourth-order valence-corrected chi connectivity index (χ4v) is 4.49. The smallest absolute Gasteiger partial charge is 0.225 e. The topological polar surface area (TPSA) is 92.9 Å². The molecule has 23 heavy (non-hydrogen) atoms. The molecule has 1 aliphatic heterocycles. The second kappa shape index (κ2) is 7.92. The number of sulfonamides is 1. The molecular weight excluding hydrogens is 318 g/mol. The van der Waals surface area contributed by atoms with Gasteiger partial charge in [0.15, 0.2) is 0 Å². The van der Waals surface area contributed by atoms with Gasteiger partial charge >= 0.3 is 0 Å². The largest absolute Gasteiger partial charge is 0.378 e. The van der Waals surface area contributed by atoms with E-state index in [9.17, 15) is 13.2 Å². The number of nitrogens with two attached hydrogens (primary N) is 1. The zero-order valence-electron chi connectivity index (χ0n) is 14.1. The first kappa shape index (κ1) is 18.6. The standard InChI is InChI=1S/C15H29N3O4S/c1-12(2)22-9-10-23(20,21)18-7-5-17(6-8-18)15(19)13-3-4-14(16)11-13/h12-14H,3-11,16H2,1-2H3. The van der Waals surface area contributed by atoms with Crippen molar-refractivity contribution in [1.29, 1.82) is 0 Å². The van der Waals surface area contributed by atoms with Crippen LogP contribution in [0.4, 0.5) is 0 Å². The summed E-state index contributed by atoms with van der Waals surface area (Å²) in [4.78, 5) is 14.2. The lowest BCUT2D eigenvalue weighted by Crippen LogP contribution is -2.52. The lowest BCUT2D eigenvalue weighted by atomic mass is 10.1. The third-order valence-corrected chi connectivity index (χ3v) is 6.39. The Morgan fingerprint density at radius 3 is 2.39 bits per heavy atom. The lowest BCUT2D eigenvalue weighted by molar-refractivity contribution is -0.136. The molecule has 0 aromatic carbocycles. The molecule has 1 saturated carbocycles. The molecule has 2 unspecified atom stereocenters. The van der Waals surface area contributed by atoms with Crippen LogP contribution in [0.5, 0.6) is 0 Å². The Morgan fingerprint density at radius 1 is 1.22 bits per heavy atom. The van der Waals surface area contributed by atoms with E-state index < -0.39 is 10.0 Å². The zero-order valence-corrected chi connectivity index (χ0v) is 14.9. The Balaban J connectivity index is 1.80. The van der Waals surface area contributed by atoms with Crippen LogP contribution in [0.3, 0.4) is 0 Å². The predicted molar refractivity (Wildman–Crippen MR) is 88.3 cm³/mol. The van der Waals surface area contributed by atoms with Crippen molar-refractivity contribution in [3.63, 3.8) is 0 Å². The molecular formula is C15H29N3O4S. The van der Waals surface area contributed by atoms with Crippen molar-refractivity contribution in [3.8, 4) is 0 Å². The van der Waals surface area contributed by atoms with Gasteiger partial charge in [-0.15, -0.1) is 0 Å². The summed E-state index contributed by atoms with van der Waals surface area (Å²) in [5.41, 5.74) is 5.87. The van der Waals surface area contributed by atoms with Gasteiger partial charge in [-0.3, -0.25) is 4.79 Å². The van der Waals surface area contributed by atoms with Crippen molar-refractivity contribution >= 4 is 15.9 Å². The van der Waals surface area contributed by atoms with E-state index in [-0.39, 0.29) is 36.3 Å². The van der Waals surface area contributed by atoms with Crippen LogP contribution in [0.2, 0.25) is 0 Å². The van der Waals surface area contributed by atoms with Gasteiger partial charge in [0.25, 0.3) is 0 Å². The van der Waals surface area contributed by atoms with E-state index in [2.05, 4.69) is 0 Å². The Kier molecular flexibility index (Phi) is 6.41. The number of amides is 1. The van der Waals surface area contributed by atoms with Crippen LogP contribution in [0, 0.1) is 5.92 Å². The number of hydrogen-bond donors (Lipinski definition) is 1. The molecule has 8 heteroatoms. The van der Waals surface area contributed by atoms with Gasteiger partial charge < -0.3 is 15.4 Å². The fourth-order valence-electron chi connectivity index (χ4n) is 3.20. The molecule has 1 aliphatic carbocycles. The molecule has 7 nitrogen and oxygen atoms in total. The molecule has 0 aromatic heterocycles. The van der Waals surface area contributed by atoms with Crippen LogP contribution >= 0.6 is 0 Å². The number of nitrogens with zero attached hydrogens (tertiary/aromatic N) is 2. The van der Waals surface area contributed by atoms with Crippen molar-refractivity contribution in [2.24, 2.45) is 11.7 Å². The molecule has 0 aromatic rings. The third kappa shape index (κ3) is 5.14. The van der Waals surface area contributed by atoms with Gasteiger partial charge in [-0.25, -0.2) is 8.42 Å². The van der Waals surface area contributed by atoms with E-state index in [1.807, 2.05) is 13.8 Å². The third-order valence-electron chi connectivity index (χ3n) is 4.56. The highest BCUT2D eigenvalue weighted by atomic mass is 32.2. The number of ether oxygens (including phenoxy) is 1. The Hall–Kier alpha value is -0.700. The summed E-state index contributed by atoms with van der Waals surface area (Å²) in [5.74, 6) is 0.155. The lowest BCUT2D eigenvalue weighted by Gasteiger charge is -2.35. The van der Waals surface area contributed by atoms with Gasteiger partial charge in [0.1, 0.15) is 0 Å². The minimum Gasteiger partial charge on any atom is -0.378 e. The van der Waals surface area contributed by atoms with Crippen LogP contribution in [-0.4, -0.2) is 74.2 Å². The molecule has 0 radical (unpaired) electrons. The molecule has 134 valence electrons. The number of piperazine rings is 1. The van der Waals surface area contributed by atoms with Crippen molar-refractivity contribution in [2.75, 3.05) is 38.5 Å². The maximum absolute atomic E-state index is 12.4. The summed E-state index contributed by atoms with van der Waals surface area (Å²) in [5, 5.41) is 0. The molecule has 2 aliphatic rings. The van der Waals surface area contributed by atoms with Crippen molar-refractivity contribution in [1.82, 2.24) is 9.21 Å². The predicted octanol–water partition coefficient (Wildman–Crippen LogP) is 0.0128. The molecule has 2 atom stereocenters. The second-order valence-electron chi connectivity index (χ2n) is 6.73. The van der Waals surface area contributed by atoms with Gasteiger partial charge in [-0.2, -0.15) is 4.31 Å². The van der Waals surface area contributed by atoms with Crippen LogP contribution < -0.4 is 5.73 Å². The molecule has 2 fully saturated rings. The van der Waals surface area contributed by atoms with Gasteiger partial charge in [0.2, 0.25) is 15.9 Å². The number of hydrogen-bond acceptors (Lipinski definition) is 5. The Bertz CT molecular complexity index is 501. The molecule has 0 spiro atoms. The summed E-state index contributed by atoms with van der Waals surface area (Å²) < 4.78 is 31.3. The number of carbonyl (C=O) groups is 1. The average molecular weight is 347 g/mol. The first-order valence-corrected chi connectivity index (χ1v) is 10.0. The monoisotopic (exact) mass is 347 g/mol. The van der Waals surface area contributed by atoms with Gasteiger partial charge in [0, 0.05) is 38.1 Å². The van der Waals surface area contributed by atoms with Crippen molar-refractivity contribution in [3.05, 3.63) is 0 Å². The van der Waals surface area contributed by atoms with Crippen LogP contribution in [0.15, 0.2) is 0 Å². The maximum Gasteiger partial charge on any atom is 0.225 e. The van der Waals surface area contributed by atoms with E-state index in [0.29, 0.717) is 26.2 Å². The summed E-state index contributed by atoms with van der Waals surface area (Å²) in [6.07, 6.45) is 2.53. The average Bonchev–Trinajstić information content (AvgIpc) is 2.92. The molecule has 1 amide bonds. The molecule has 2 rings (SSSR count). The highest BCUT2D eigenvalue weighted by Crippen LogP contribution is 2.26. The second-order valence-corrected chi connectivity index (χ2v) is 8.82. The van der Waals surface area contributed by atoms with E-state index in [1.165, 1.54) is 4.31 Å². The first-order chi connectivity index (χ1) is 10.8.